The Hall–Kier alpha value is -1.40. The van der Waals surface area contributed by atoms with E-state index in [9.17, 15) is 9.59 Å². The average molecular weight is 212 g/mol. The lowest BCUT2D eigenvalue weighted by atomic mass is 10.1. The van der Waals surface area contributed by atoms with Crippen LogP contribution in [0.1, 0.15) is 12.6 Å². The van der Waals surface area contributed by atoms with E-state index in [1.807, 2.05) is 0 Å². The zero-order valence-electron chi connectivity index (χ0n) is 8.05. The monoisotopic (exact) mass is 212 g/mol. The topological polar surface area (TPSA) is 84.3 Å². The second kappa shape index (κ2) is 4.00. The molecule has 0 radical (unpaired) electrons. The summed E-state index contributed by atoms with van der Waals surface area (Å²) >= 11 is 0. The molecule has 0 aromatic carbocycles. The Balaban J connectivity index is 2.24. The molecule has 0 bridgehead atoms. The Bertz CT molecular complexity index is 450. The van der Waals surface area contributed by atoms with E-state index in [1.54, 1.807) is 0 Å². The van der Waals surface area contributed by atoms with Crippen molar-refractivity contribution in [3.8, 4) is 0 Å². The van der Waals surface area contributed by atoms with Crippen LogP contribution < -0.4 is 11.2 Å². The van der Waals surface area contributed by atoms with Gasteiger partial charge in [-0.25, -0.2) is 4.79 Å². The molecule has 0 saturated carbocycles. The molecule has 0 aliphatic carbocycles. The molecule has 1 aromatic rings. The van der Waals surface area contributed by atoms with E-state index in [4.69, 9.17) is 9.84 Å². The molecule has 1 aromatic heterocycles. The van der Waals surface area contributed by atoms with E-state index in [-0.39, 0.29) is 18.8 Å². The summed E-state index contributed by atoms with van der Waals surface area (Å²) in [5.74, 6) is 0.0637. The lowest BCUT2D eigenvalue weighted by molar-refractivity contribution is 0.0489. The van der Waals surface area contributed by atoms with Crippen molar-refractivity contribution in [3.05, 3.63) is 33.1 Å². The molecular weight excluding hydrogens is 200 g/mol. The van der Waals surface area contributed by atoms with Crippen molar-refractivity contribution in [2.24, 2.45) is 5.92 Å². The molecule has 1 saturated heterocycles. The molecule has 1 unspecified atom stereocenters. The number of aliphatic hydroxyl groups excluding tert-OH is 1. The Morgan fingerprint density at radius 2 is 2.40 bits per heavy atom. The highest BCUT2D eigenvalue weighted by molar-refractivity contribution is 4.85. The molecule has 2 rings (SSSR count). The van der Waals surface area contributed by atoms with Crippen LogP contribution in [0.2, 0.25) is 0 Å². The highest BCUT2D eigenvalue weighted by Gasteiger charge is 2.26. The first kappa shape index (κ1) is 10.1. The number of aromatic amines is 1. The quantitative estimate of drug-likeness (QED) is 0.663. The number of nitrogens with one attached hydrogen (secondary N) is 1. The minimum absolute atomic E-state index is 0.0502. The molecule has 0 amide bonds. The minimum Gasteiger partial charge on any atom is -0.396 e. The molecular formula is C9H12N2O4. The van der Waals surface area contributed by atoms with Gasteiger partial charge in [0.25, 0.3) is 5.56 Å². The van der Waals surface area contributed by atoms with Gasteiger partial charge in [-0.3, -0.25) is 14.3 Å². The molecule has 6 nitrogen and oxygen atoms in total. The second-order valence-electron chi connectivity index (χ2n) is 3.59. The lowest BCUT2D eigenvalue weighted by Crippen LogP contribution is -2.31. The first-order valence-electron chi connectivity index (χ1n) is 4.74. The zero-order chi connectivity index (χ0) is 10.8. The summed E-state index contributed by atoms with van der Waals surface area (Å²) in [5.41, 5.74) is -0.904. The van der Waals surface area contributed by atoms with Crippen LogP contribution in [0.4, 0.5) is 0 Å². The van der Waals surface area contributed by atoms with E-state index < -0.39 is 11.2 Å². The van der Waals surface area contributed by atoms with Crippen molar-refractivity contribution in [1.29, 1.82) is 0 Å². The fourth-order valence-corrected chi connectivity index (χ4v) is 1.64. The molecule has 15 heavy (non-hydrogen) atoms. The molecule has 2 N–H and O–H groups in total. The molecule has 82 valence electrons. The predicted octanol–water partition coefficient (Wildman–Crippen LogP) is -0.936. The Morgan fingerprint density at radius 3 is 3.00 bits per heavy atom. The van der Waals surface area contributed by atoms with E-state index in [2.05, 4.69) is 4.98 Å². The van der Waals surface area contributed by atoms with Crippen LogP contribution in [0.3, 0.4) is 0 Å². The summed E-state index contributed by atoms with van der Waals surface area (Å²) in [6.07, 6.45) is 1.61. The number of aliphatic hydroxyl groups is 1. The van der Waals surface area contributed by atoms with Gasteiger partial charge >= 0.3 is 5.69 Å². The normalized spacial score (nSPS) is 25.7. The highest BCUT2D eigenvalue weighted by atomic mass is 16.5. The van der Waals surface area contributed by atoms with Gasteiger partial charge in [-0.1, -0.05) is 0 Å². The summed E-state index contributed by atoms with van der Waals surface area (Å²) < 4.78 is 6.67. The molecule has 1 aliphatic heterocycles. The van der Waals surface area contributed by atoms with Crippen molar-refractivity contribution in [2.75, 3.05) is 13.2 Å². The maximum Gasteiger partial charge on any atom is 0.330 e. The van der Waals surface area contributed by atoms with Crippen LogP contribution in [-0.2, 0) is 4.74 Å². The zero-order valence-corrected chi connectivity index (χ0v) is 8.05. The Kier molecular flexibility index (Phi) is 2.70. The number of rotatable bonds is 2. The minimum atomic E-state index is -0.480. The fraction of sp³-hybridized carbons (Fsp3) is 0.556. The number of aromatic nitrogens is 2. The van der Waals surface area contributed by atoms with Crippen LogP contribution in [0.15, 0.2) is 21.9 Å². The summed E-state index contributed by atoms with van der Waals surface area (Å²) in [4.78, 5) is 24.4. The van der Waals surface area contributed by atoms with Gasteiger partial charge in [0.2, 0.25) is 0 Å². The smallest absolute Gasteiger partial charge is 0.330 e. The number of ether oxygens (including phenoxy) is 1. The van der Waals surface area contributed by atoms with Gasteiger partial charge < -0.3 is 9.84 Å². The molecule has 6 heteroatoms. The summed E-state index contributed by atoms with van der Waals surface area (Å²) in [6.45, 7) is 0.487. The van der Waals surface area contributed by atoms with E-state index in [1.165, 1.54) is 16.8 Å². The molecule has 2 heterocycles. The third-order valence-corrected chi connectivity index (χ3v) is 2.48. The predicted molar refractivity (Wildman–Crippen MR) is 51.5 cm³/mol. The van der Waals surface area contributed by atoms with Crippen LogP contribution in [0, 0.1) is 5.92 Å². The van der Waals surface area contributed by atoms with E-state index in [0.29, 0.717) is 13.0 Å². The van der Waals surface area contributed by atoms with Crippen LogP contribution in [0.25, 0.3) is 0 Å². The summed E-state index contributed by atoms with van der Waals surface area (Å²) in [5, 5.41) is 8.92. The summed E-state index contributed by atoms with van der Waals surface area (Å²) in [6, 6.07) is 1.27. The first-order valence-corrected chi connectivity index (χ1v) is 4.74. The largest absolute Gasteiger partial charge is 0.396 e. The van der Waals surface area contributed by atoms with Crippen LogP contribution >= 0.6 is 0 Å². The molecule has 0 spiro atoms. The van der Waals surface area contributed by atoms with E-state index >= 15 is 0 Å². The Labute approximate surface area is 85.1 Å². The number of hydrogen-bond donors (Lipinski definition) is 2. The van der Waals surface area contributed by atoms with Crippen LogP contribution in [-0.4, -0.2) is 27.9 Å². The fourth-order valence-electron chi connectivity index (χ4n) is 1.64. The molecule has 2 atom stereocenters. The van der Waals surface area contributed by atoms with Gasteiger partial charge in [0, 0.05) is 24.8 Å². The van der Waals surface area contributed by atoms with Gasteiger partial charge in [-0.2, -0.15) is 0 Å². The third kappa shape index (κ3) is 2.00. The SMILES string of the molecule is O=c1ccn([C@@H]2CC(CO)CO2)c(=O)[nH]1. The lowest BCUT2D eigenvalue weighted by Gasteiger charge is -2.11. The van der Waals surface area contributed by atoms with Crippen molar-refractivity contribution in [3.63, 3.8) is 0 Å². The van der Waals surface area contributed by atoms with Gasteiger partial charge in [-0.05, 0) is 6.42 Å². The highest BCUT2D eigenvalue weighted by Crippen LogP contribution is 2.25. The van der Waals surface area contributed by atoms with E-state index in [0.717, 1.165) is 0 Å². The van der Waals surface area contributed by atoms with Gasteiger partial charge in [-0.15, -0.1) is 0 Å². The number of hydrogen-bond acceptors (Lipinski definition) is 4. The van der Waals surface area contributed by atoms with Gasteiger partial charge in [0.05, 0.1) is 6.61 Å². The average Bonchev–Trinajstić information content (AvgIpc) is 2.66. The number of nitrogens with zero attached hydrogens (tertiary/aromatic N) is 1. The molecule has 1 fully saturated rings. The second-order valence-corrected chi connectivity index (χ2v) is 3.59. The first-order chi connectivity index (χ1) is 7.20. The number of H-pyrrole nitrogens is 1. The summed E-state index contributed by atoms with van der Waals surface area (Å²) in [7, 11) is 0. The van der Waals surface area contributed by atoms with Crippen molar-refractivity contribution in [2.45, 2.75) is 12.6 Å². The third-order valence-electron chi connectivity index (χ3n) is 2.48. The van der Waals surface area contributed by atoms with Crippen molar-refractivity contribution in [1.82, 2.24) is 9.55 Å². The Morgan fingerprint density at radius 1 is 1.60 bits per heavy atom. The van der Waals surface area contributed by atoms with Gasteiger partial charge in [0.1, 0.15) is 6.23 Å². The van der Waals surface area contributed by atoms with Gasteiger partial charge in [0.15, 0.2) is 0 Å². The van der Waals surface area contributed by atoms with Crippen molar-refractivity contribution < 1.29 is 9.84 Å². The maximum atomic E-state index is 11.4. The van der Waals surface area contributed by atoms with Crippen molar-refractivity contribution >= 4 is 0 Å². The molecule has 1 aliphatic rings. The maximum absolute atomic E-state index is 11.4. The van der Waals surface area contributed by atoms with Crippen LogP contribution in [0.5, 0.6) is 0 Å². The standard InChI is InChI=1S/C9H12N2O4/c12-4-6-3-8(15-5-6)11-2-1-7(13)10-9(11)14/h1-2,6,8,12H,3-5H2,(H,10,13,14)/t6?,8-/m0/s1.